The van der Waals surface area contributed by atoms with Gasteiger partial charge in [0.05, 0.1) is 0 Å². The molecule has 5 rings (SSSR count). The molecule has 1 aromatic heterocycles. The molecule has 1 aliphatic carbocycles. The van der Waals surface area contributed by atoms with Gasteiger partial charge in [-0.3, -0.25) is 14.5 Å². The Morgan fingerprint density at radius 1 is 1.15 bits per heavy atom. The van der Waals surface area contributed by atoms with Crippen molar-refractivity contribution in [3.8, 4) is 0 Å². The normalized spacial score (nSPS) is 23.0. The number of benzene rings is 1. The van der Waals surface area contributed by atoms with Gasteiger partial charge in [0.15, 0.2) is 0 Å². The second kappa shape index (κ2) is 6.37. The van der Waals surface area contributed by atoms with Crippen LogP contribution in [0.25, 0.3) is 10.9 Å². The minimum absolute atomic E-state index is 0.0675. The van der Waals surface area contributed by atoms with Crippen molar-refractivity contribution in [3.05, 3.63) is 36.0 Å². The molecule has 2 aromatic rings. The van der Waals surface area contributed by atoms with E-state index >= 15 is 0 Å². The van der Waals surface area contributed by atoms with E-state index in [0.29, 0.717) is 13.1 Å². The number of carbonyl (C=O) groups is 2. The van der Waals surface area contributed by atoms with Crippen LogP contribution in [0.15, 0.2) is 30.5 Å². The van der Waals surface area contributed by atoms with Crippen molar-refractivity contribution in [1.82, 2.24) is 20.1 Å². The number of hydrogen-bond donors (Lipinski definition) is 2. The van der Waals surface area contributed by atoms with E-state index in [-0.39, 0.29) is 11.8 Å². The number of aromatic nitrogens is 1. The zero-order valence-electron chi connectivity index (χ0n) is 15.5. The van der Waals surface area contributed by atoms with E-state index in [1.807, 2.05) is 35.4 Å². The summed E-state index contributed by atoms with van der Waals surface area (Å²) in [6, 6.07) is 7.78. The third-order valence-electron chi connectivity index (χ3n) is 6.55. The van der Waals surface area contributed by atoms with Crippen LogP contribution in [0, 0.1) is 5.92 Å². The molecule has 6 heteroatoms. The third-order valence-corrected chi connectivity index (χ3v) is 6.55. The third kappa shape index (κ3) is 2.92. The number of aromatic amines is 1. The van der Waals surface area contributed by atoms with Gasteiger partial charge in [0.25, 0.3) is 5.91 Å². The SMILES string of the molecule is O=C(c1ccc2[nH]ccc2c1)N1CCC2(CC1)C(=O)NCCN2CC1CC1. The molecule has 1 saturated carbocycles. The van der Waals surface area contributed by atoms with E-state index in [2.05, 4.69) is 15.2 Å². The first kappa shape index (κ1) is 16.8. The highest BCUT2D eigenvalue weighted by Gasteiger charge is 2.49. The first-order chi connectivity index (χ1) is 13.2. The molecule has 142 valence electrons. The molecule has 3 fully saturated rings. The summed E-state index contributed by atoms with van der Waals surface area (Å²) in [5.74, 6) is 0.994. The molecule has 2 N–H and O–H groups in total. The fourth-order valence-corrected chi connectivity index (χ4v) is 4.70. The summed E-state index contributed by atoms with van der Waals surface area (Å²) in [6.45, 7) is 3.98. The number of piperidine rings is 1. The lowest BCUT2D eigenvalue weighted by Crippen LogP contribution is -2.68. The smallest absolute Gasteiger partial charge is 0.253 e. The van der Waals surface area contributed by atoms with E-state index < -0.39 is 5.54 Å². The van der Waals surface area contributed by atoms with Gasteiger partial charge in [0.1, 0.15) is 5.54 Å². The van der Waals surface area contributed by atoms with Gasteiger partial charge in [0.2, 0.25) is 5.91 Å². The Hall–Kier alpha value is -2.34. The Balaban J connectivity index is 1.32. The summed E-state index contributed by atoms with van der Waals surface area (Å²) in [5.41, 5.74) is 1.35. The van der Waals surface area contributed by atoms with Crippen LogP contribution in [-0.2, 0) is 4.79 Å². The van der Waals surface area contributed by atoms with Crippen LogP contribution < -0.4 is 5.32 Å². The molecule has 6 nitrogen and oxygen atoms in total. The fraction of sp³-hybridized carbons (Fsp3) is 0.524. The Morgan fingerprint density at radius 3 is 2.74 bits per heavy atom. The number of hydrogen-bond acceptors (Lipinski definition) is 3. The molecule has 0 bridgehead atoms. The Bertz CT molecular complexity index is 877. The summed E-state index contributed by atoms with van der Waals surface area (Å²) < 4.78 is 0. The molecule has 1 spiro atoms. The highest BCUT2D eigenvalue weighted by Crippen LogP contribution is 2.37. The molecule has 27 heavy (non-hydrogen) atoms. The summed E-state index contributed by atoms with van der Waals surface area (Å²) in [7, 11) is 0. The van der Waals surface area contributed by atoms with Crippen molar-refractivity contribution in [3.63, 3.8) is 0 Å². The molecule has 2 amide bonds. The van der Waals surface area contributed by atoms with Crippen molar-refractivity contribution in [1.29, 1.82) is 0 Å². The highest BCUT2D eigenvalue weighted by atomic mass is 16.2. The first-order valence-electron chi connectivity index (χ1n) is 10.1. The maximum atomic E-state index is 13.0. The minimum Gasteiger partial charge on any atom is -0.361 e. The number of likely N-dealkylation sites (tertiary alicyclic amines) is 1. The van der Waals surface area contributed by atoms with E-state index in [9.17, 15) is 9.59 Å². The van der Waals surface area contributed by atoms with Gasteiger partial charge in [0, 0.05) is 55.4 Å². The predicted molar refractivity (Wildman–Crippen MR) is 103 cm³/mol. The van der Waals surface area contributed by atoms with Gasteiger partial charge < -0.3 is 15.2 Å². The number of rotatable bonds is 3. The molecule has 2 saturated heterocycles. The number of carbonyl (C=O) groups excluding carboxylic acids is 2. The molecule has 3 aliphatic rings. The number of nitrogens with one attached hydrogen (secondary N) is 2. The largest absolute Gasteiger partial charge is 0.361 e. The summed E-state index contributed by atoms with van der Waals surface area (Å²) in [5, 5.41) is 4.12. The molecular formula is C21H26N4O2. The molecule has 0 atom stereocenters. The second-order valence-corrected chi connectivity index (χ2v) is 8.25. The molecule has 3 heterocycles. The van der Waals surface area contributed by atoms with Crippen molar-refractivity contribution in [2.24, 2.45) is 5.92 Å². The summed E-state index contributed by atoms with van der Waals surface area (Å²) >= 11 is 0. The first-order valence-corrected chi connectivity index (χ1v) is 10.1. The van der Waals surface area contributed by atoms with Gasteiger partial charge in [-0.2, -0.15) is 0 Å². The van der Waals surface area contributed by atoms with Crippen LogP contribution in [0.2, 0.25) is 0 Å². The van der Waals surface area contributed by atoms with Gasteiger partial charge >= 0.3 is 0 Å². The molecular weight excluding hydrogens is 340 g/mol. The van der Waals surface area contributed by atoms with E-state index in [1.165, 1.54) is 12.8 Å². The van der Waals surface area contributed by atoms with Gasteiger partial charge in [-0.05, 0) is 55.9 Å². The standard InChI is InChI=1S/C21H26N4O2/c26-19(17-3-4-18-16(13-17)5-8-22-18)24-10-6-21(7-11-24)20(27)23-9-12-25(21)14-15-1-2-15/h3-5,8,13,15,22H,1-2,6-7,9-12,14H2,(H,23,27). The number of H-pyrrole nitrogens is 1. The van der Waals surface area contributed by atoms with Crippen molar-refractivity contribution in [2.45, 2.75) is 31.2 Å². The highest BCUT2D eigenvalue weighted by molar-refractivity contribution is 5.98. The molecule has 2 aliphatic heterocycles. The number of piperazine rings is 1. The van der Waals surface area contributed by atoms with Crippen molar-refractivity contribution < 1.29 is 9.59 Å². The van der Waals surface area contributed by atoms with Crippen LogP contribution >= 0.6 is 0 Å². The number of fused-ring (bicyclic) bond motifs is 1. The predicted octanol–water partition coefficient (Wildman–Crippen LogP) is 1.98. The topological polar surface area (TPSA) is 68.4 Å². The maximum absolute atomic E-state index is 13.0. The van der Waals surface area contributed by atoms with Crippen LogP contribution in [0.3, 0.4) is 0 Å². The lowest BCUT2D eigenvalue weighted by molar-refractivity contribution is -0.141. The Morgan fingerprint density at radius 2 is 1.96 bits per heavy atom. The van der Waals surface area contributed by atoms with Crippen LogP contribution in [-0.4, -0.2) is 64.9 Å². The quantitative estimate of drug-likeness (QED) is 0.873. The lowest BCUT2D eigenvalue weighted by Gasteiger charge is -2.50. The van der Waals surface area contributed by atoms with E-state index in [0.717, 1.165) is 54.9 Å². The van der Waals surface area contributed by atoms with E-state index in [4.69, 9.17) is 0 Å². The van der Waals surface area contributed by atoms with Gasteiger partial charge in [-0.15, -0.1) is 0 Å². The monoisotopic (exact) mass is 366 g/mol. The average molecular weight is 366 g/mol. The zero-order valence-corrected chi connectivity index (χ0v) is 15.5. The van der Waals surface area contributed by atoms with Gasteiger partial charge in [-0.25, -0.2) is 0 Å². The fourth-order valence-electron chi connectivity index (χ4n) is 4.70. The minimum atomic E-state index is -0.414. The van der Waals surface area contributed by atoms with Crippen molar-refractivity contribution in [2.75, 3.05) is 32.7 Å². The maximum Gasteiger partial charge on any atom is 0.253 e. The summed E-state index contributed by atoms with van der Waals surface area (Å²) in [4.78, 5) is 33.3. The molecule has 1 aromatic carbocycles. The van der Waals surface area contributed by atoms with Crippen LogP contribution in [0.4, 0.5) is 0 Å². The van der Waals surface area contributed by atoms with Crippen LogP contribution in [0.1, 0.15) is 36.0 Å². The van der Waals surface area contributed by atoms with E-state index in [1.54, 1.807) is 0 Å². The van der Waals surface area contributed by atoms with Gasteiger partial charge in [-0.1, -0.05) is 0 Å². The van der Waals surface area contributed by atoms with Crippen LogP contribution in [0.5, 0.6) is 0 Å². The zero-order chi connectivity index (χ0) is 18.4. The number of amides is 2. The molecule has 0 radical (unpaired) electrons. The second-order valence-electron chi connectivity index (χ2n) is 8.25. The summed E-state index contributed by atoms with van der Waals surface area (Å²) in [6.07, 6.45) is 5.92. The lowest BCUT2D eigenvalue weighted by atomic mass is 9.82. The van der Waals surface area contributed by atoms with Crippen molar-refractivity contribution >= 4 is 22.7 Å². The average Bonchev–Trinajstić information content (AvgIpc) is 3.39. The Labute approximate surface area is 158 Å². The Kier molecular flexibility index (Phi) is 3.97. The number of nitrogens with zero attached hydrogens (tertiary/aromatic N) is 2. The molecule has 0 unspecified atom stereocenters.